The number of rotatable bonds is 2. The molecule has 0 aliphatic carbocycles. The second-order valence-corrected chi connectivity index (χ2v) is 2.53. The highest BCUT2D eigenvalue weighted by Crippen LogP contribution is 2.10. The molecular weight excluding hydrogens is 152 g/mol. The molecule has 3 nitrogen and oxygen atoms in total. The Morgan fingerprint density at radius 2 is 2.58 bits per heavy atom. The predicted molar refractivity (Wildman–Crippen MR) is 45.6 cm³/mol. The summed E-state index contributed by atoms with van der Waals surface area (Å²) in [7, 11) is 1.67. The van der Waals surface area contributed by atoms with Gasteiger partial charge in [-0.05, 0) is 18.2 Å². The molecular formula is C9H9N2O. The zero-order valence-electron chi connectivity index (χ0n) is 6.82. The number of fused-ring (bicyclic) bond motifs is 1. The summed E-state index contributed by atoms with van der Waals surface area (Å²) in [5.74, 6) is 0. The molecule has 1 radical (unpaired) electrons. The molecule has 0 amide bonds. The summed E-state index contributed by atoms with van der Waals surface area (Å²) in [6, 6.07) is 6.87. The number of nitrogens with zero attached hydrogens (tertiary/aromatic N) is 2. The van der Waals surface area contributed by atoms with Crippen LogP contribution in [0.15, 0.2) is 24.5 Å². The van der Waals surface area contributed by atoms with Crippen molar-refractivity contribution in [1.29, 1.82) is 0 Å². The Balaban J connectivity index is 2.55. The highest BCUT2D eigenvalue weighted by molar-refractivity contribution is 5.74. The minimum absolute atomic E-state index is 0.536. The summed E-state index contributed by atoms with van der Waals surface area (Å²) >= 11 is 0. The van der Waals surface area contributed by atoms with E-state index >= 15 is 0 Å². The first kappa shape index (κ1) is 7.31. The zero-order chi connectivity index (χ0) is 8.39. The Bertz CT molecular complexity index is 381. The monoisotopic (exact) mass is 161 g/mol. The number of ether oxygens (including phenoxy) is 1. The van der Waals surface area contributed by atoms with Gasteiger partial charge in [0.15, 0.2) is 0 Å². The van der Waals surface area contributed by atoms with Crippen molar-refractivity contribution in [2.45, 2.75) is 6.73 Å². The van der Waals surface area contributed by atoms with E-state index in [1.165, 1.54) is 0 Å². The molecule has 0 atom stereocenters. The van der Waals surface area contributed by atoms with Gasteiger partial charge in [-0.3, -0.25) is 0 Å². The van der Waals surface area contributed by atoms with Crippen molar-refractivity contribution in [3.8, 4) is 0 Å². The normalized spacial score (nSPS) is 10.8. The maximum Gasteiger partial charge on any atom is 0.142 e. The van der Waals surface area contributed by atoms with Gasteiger partial charge in [0.2, 0.25) is 0 Å². The SMILES string of the molecule is COCn1ccc2[c]ccnc21. The molecule has 0 fully saturated rings. The molecule has 2 heterocycles. The van der Waals surface area contributed by atoms with Gasteiger partial charge >= 0.3 is 0 Å². The van der Waals surface area contributed by atoms with E-state index < -0.39 is 0 Å². The molecule has 0 unspecified atom stereocenters. The third kappa shape index (κ3) is 1.08. The highest BCUT2D eigenvalue weighted by Gasteiger charge is 1.98. The van der Waals surface area contributed by atoms with Crippen molar-refractivity contribution in [1.82, 2.24) is 9.55 Å². The second-order valence-electron chi connectivity index (χ2n) is 2.53. The van der Waals surface area contributed by atoms with Crippen LogP contribution in [0, 0.1) is 6.07 Å². The average molecular weight is 161 g/mol. The number of aromatic nitrogens is 2. The van der Waals surface area contributed by atoms with Crippen molar-refractivity contribution in [2.75, 3.05) is 7.11 Å². The summed E-state index contributed by atoms with van der Waals surface area (Å²) < 4.78 is 6.94. The minimum atomic E-state index is 0.536. The molecule has 3 heteroatoms. The Morgan fingerprint density at radius 1 is 1.67 bits per heavy atom. The van der Waals surface area contributed by atoms with Gasteiger partial charge in [0.05, 0.1) is 0 Å². The summed E-state index contributed by atoms with van der Waals surface area (Å²) in [4.78, 5) is 4.21. The highest BCUT2D eigenvalue weighted by atomic mass is 16.5. The van der Waals surface area contributed by atoms with Gasteiger partial charge in [-0.2, -0.15) is 0 Å². The number of hydrogen-bond donors (Lipinski definition) is 0. The predicted octanol–water partition coefficient (Wildman–Crippen LogP) is 1.44. The van der Waals surface area contributed by atoms with Crippen LogP contribution < -0.4 is 0 Å². The van der Waals surface area contributed by atoms with Crippen LogP contribution in [0.3, 0.4) is 0 Å². The Hall–Kier alpha value is -1.35. The topological polar surface area (TPSA) is 27.1 Å². The van der Waals surface area contributed by atoms with Crippen molar-refractivity contribution < 1.29 is 4.74 Å². The largest absolute Gasteiger partial charge is 0.364 e. The van der Waals surface area contributed by atoms with Gasteiger partial charge in [-0.15, -0.1) is 0 Å². The minimum Gasteiger partial charge on any atom is -0.364 e. The van der Waals surface area contributed by atoms with Crippen LogP contribution in [0.1, 0.15) is 0 Å². The average Bonchev–Trinajstić information content (AvgIpc) is 2.50. The van der Waals surface area contributed by atoms with E-state index in [-0.39, 0.29) is 0 Å². The van der Waals surface area contributed by atoms with E-state index in [1.807, 2.05) is 16.8 Å². The van der Waals surface area contributed by atoms with Crippen LogP contribution in [0.5, 0.6) is 0 Å². The van der Waals surface area contributed by atoms with Crippen molar-refractivity contribution in [3.05, 3.63) is 30.6 Å². The van der Waals surface area contributed by atoms with Crippen LogP contribution in [-0.2, 0) is 11.5 Å². The summed E-state index contributed by atoms with van der Waals surface area (Å²) in [5, 5.41) is 1.02. The first-order valence-electron chi connectivity index (χ1n) is 3.72. The maximum atomic E-state index is 5.00. The van der Waals surface area contributed by atoms with Gasteiger partial charge in [-0.25, -0.2) is 4.98 Å². The zero-order valence-corrected chi connectivity index (χ0v) is 6.82. The fourth-order valence-electron chi connectivity index (χ4n) is 1.20. The second kappa shape index (κ2) is 2.95. The van der Waals surface area contributed by atoms with E-state index in [0.717, 1.165) is 11.0 Å². The van der Waals surface area contributed by atoms with Crippen LogP contribution in [0.25, 0.3) is 11.0 Å². The Kier molecular flexibility index (Phi) is 1.80. The first-order valence-corrected chi connectivity index (χ1v) is 3.72. The van der Waals surface area contributed by atoms with Gasteiger partial charge in [0.25, 0.3) is 0 Å². The first-order chi connectivity index (χ1) is 5.92. The van der Waals surface area contributed by atoms with E-state index in [0.29, 0.717) is 6.73 Å². The smallest absolute Gasteiger partial charge is 0.142 e. The van der Waals surface area contributed by atoms with Crippen LogP contribution in [0.2, 0.25) is 0 Å². The van der Waals surface area contributed by atoms with E-state index in [2.05, 4.69) is 11.1 Å². The van der Waals surface area contributed by atoms with Crippen LogP contribution in [0.4, 0.5) is 0 Å². The lowest BCUT2D eigenvalue weighted by atomic mass is 10.3. The Morgan fingerprint density at radius 3 is 3.42 bits per heavy atom. The molecule has 0 saturated carbocycles. The number of hydrogen-bond acceptors (Lipinski definition) is 2. The van der Waals surface area contributed by atoms with Crippen molar-refractivity contribution in [3.63, 3.8) is 0 Å². The molecule has 12 heavy (non-hydrogen) atoms. The van der Waals surface area contributed by atoms with Gasteiger partial charge < -0.3 is 9.30 Å². The summed E-state index contributed by atoms with van der Waals surface area (Å²) in [5.41, 5.74) is 0.916. The molecule has 2 aromatic rings. The lowest BCUT2D eigenvalue weighted by molar-refractivity contribution is 0.134. The van der Waals surface area contributed by atoms with Gasteiger partial charge in [-0.1, -0.05) is 0 Å². The van der Waals surface area contributed by atoms with Gasteiger partial charge in [0.1, 0.15) is 12.4 Å². The standard InChI is InChI=1S/C9H9N2O/c1-12-7-11-6-4-8-3-2-5-10-9(8)11/h2,4-6H,7H2,1H3. The fourth-order valence-corrected chi connectivity index (χ4v) is 1.20. The third-order valence-corrected chi connectivity index (χ3v) is 1.71. The molecule has 0 bridgehead atoms. The molecule has 2 aromatic heterocycles. The third-order valence-electron chi connectivity index (χ3n) is 1.71. The lowest BCUT2D eigenvalue weighted by Crippen LogP contribution is -1.98. The molecule has 0 N–H and O–H groups in total. The molecule has 0 aliphatic rings. The lowest BCUT2D eigenvalue weighted by Gasteiger charge is -2.00. The number of methoxy groups -OCH3 is 1. The fraction of sp³-hybridized carbons (Fsp3) is 0.222. The Labute approximate surface area is 70.6 Å². The van der Waals surface area contributed by atoms with E-state index in [9.17, 15) is 0 Å². The maximum absolute atomic E-state index is 5.00. The number of pyridine rings is 1. The van der Waals surface area contributed by atoms with Crippen molar-refractivity contribution >= 4 is 11.0 Å². The van der Waals surface area contributed by atoms with Crippen LogP contribution in [-0.4, -0.2) is 16.7 Å². The van der Waals surface area contributed by atoms with E-state index in [4.69, 9.17) is 4.74 Å². The van der Waals surface area contributed by atoms with Crippen molar-refractivity contribution in [2.24, 2.45) is 0 Å². The van der Waals surface area contributed by atoms with Gasteiger partial charge in [0, 0.05) is 24.9 Å². The summed E-state index contributed by atoms with van der Waals surface area (Å²) in [6.07, 6.45) is 3.67. The quantitative estimate of drug-likeness (QED) is 0.666. The molecule has 2 rings (SSSR count). The molecule has 0 aromatic carbocycles. The molecule has 0 aliphatic heterocycles. The molecule has 61 valence electrons. The van der Waals surface area contributed by atoms with E-state index in [1.54, 1.807) is 19.4 Å². The summed E-state index contributed by atoms with van der Waals surface area (Å²) in [6.45, 7) is 0.536. The molecule has 0 spiro atoms. The van der Waals surface area contributed by atoms with Crippen LogP contribution >= 0.6 is 0 Å². The molecule has 0 saturated heterocycles.